The molecule has 0 radical (unpaired) electrons. The SMILES string of the molecule is NCCC(CN)OCCO. The predicted molar refractivity (Wildman–Crippen MR) is 39.6 cm³/mol. The van der Waals surface area contributed by atoms with Crippen molar-refractivity contribution in [2.75, 3.05) is 26.3 Å². The summed E-state index contributed by atoms with van der Waals surface area (Å²) < 4.78 is 5.13. The number of ether oxygens (including phenoxy) is 1. The molecular formula is C6H16N2O2. The van der Waals surface area contributed by atoms with Crippen molar-refractivity contribution in [2.24, 2.45) is 11.5 Å². The molecule has 10 heavy (non-hydrogen) atoms. The number of hydrogen-bond acceptors (Lipinski definition) is 4. The minimum absolute atomic E-state index is 0.0112. The molecule has 0 bridgehead atoms. The molecule has 0 saturated heterocycles. The van der Waals surface area contributed by atoms with E-state index < -0.39 is 0 Å². The molecule has 0 saturated carbocycles. The van der Waals surface area contributed by atoms with Crippen LogP contribution in [0.15, 0.2) is 0 Å². The number of rotatable bonds is 6. The summed E-state index contributed by atoms with van der Waals surface area (Å²) in [4.78, 5) is 0. The Morgan fingerprint density at radius 3 is 2.50 bits per heavy atom. The van der Waals surface area contributed by atoms with Crippen molar-refractivity contribution in [1.29, 1.82) is 0 Å². The van der Waals surface area contributed by atoms with Crippen molar-refractivity contribution in [3.05, 3.63) is 0 Å². The van der Waals surface area contributed by atoms with Crippen LogP contribution < -0.4 is 11.5 Å². The number of nitrogens with two attached hydrogens (primary N) is 2. The fraction of sp³-hybridized carbons (Fsp3) is 1.00. The monoisotopic (exact) mass is 148 g/mol. The van der Waals surface area contributed by atoms with Gasteiger partial charge in [0.15, 0.2) is 0 Å². The van der Waals surface area contributed by atoms with E-state index >= 15 is 0 Å². The molecule has 0 aliphatic carbocycles. The van der Waals surface area contributed by atoms with Crippen LogP contribution in [-0.2, 0) is 4.74 Å². The first-order valence-electron chi connectivity index (χ1n) is 3.47. The summed E-state index contributed by atoms with van der Waals surface area (Å²) in [6.07, 6.45) is 0.772. The van der Waals surface area contributed by atoms with Gasteiger partial charge in [-0.1, -0.05) is 0 Å². The summed E-state index contributed by atoms with van der Waals surface area (Å²) in [7, 11) is 0. The highest BCUT2D eigenvalue weighted by atomic mass is 16.5. The first kappa shape index (κ1) is 9.84. The van der Waals surface area contributed by atoms with Crippen LogP contribution in [0.3, 0.4) is 0 Å². The van der Waals surface area contributed by atoms with Crippen molar-refractivity contribution in [1.82, 2.24) is 0 Å². The molecule has 1 unspecified atom stereocenters. The molecule has 4 heteroatoms. The Morgan fingerprint density at radius 2 is 2.10 bits per heavy atom. The molecule has 0 aliphatic rings. The van der Waals surface area contributed by atoms with E-state index in [1.54, 1.807) is 0 Å². The lowest BCUT2D eigenvalue weighted by Gasteiger charge is -2.13. The molecule has 62 valence electrons. The maximum atomic E-state index is 8.38. The predicted octanol–water partition coefficient (Wildman–Crippen LogP) is -1.33. The molecule has 4 nitrogen and oxygen atoms in total. The van der Waals surface area contributed by atoms with Gasteiger partial charge in [-0.05, 0) is 13.0 Å². The summed E-state index contributed by atoms with van der Waals surface area (Å²) in [5, 5.41) is 8.38. The second-order valence-corrected chi connectivity index (χ2v) is 2.03. The minimum atomic E-state index is 0.0112. The Bertz CT molecular complexity index is 70.8. The second kappa shape index (κ2) is 6.95. The number of aliphatic hydroxyl groups excluding tert-OH is 1. The van der Waals surface area contributed by atoms with Gasteiger partial charge < -0.3 is 21.3 Å². The zero-order valence-electron chi connectivity index (χ0n) is 6.12. The molecule has 5 N–H and O–H groups in total. The Balaban J connectivity index is 3.21. The van der Waals surface area contributed by atoms with Gasteiger partial charge in [0.1, 0.15) is 0 Å². The van der Waals surface area contributed by atoms with Crippen molar-refractivity contribution >= 4 is 0 Å². The summed E-state index contributed by atoms with van der Waals surface area (Å²) in [6, 6.07) is 0. The fourth-order valence-corrected chi connectivity index (χ4v) is 0.674. The maximum Gasteiger partial charge on any atom is 0.0710 e. The van der Waals surface area contributed by atoms with Crippen molar-refractivity contribution in [3.63, 3.8) is 0 Å². The average molecular weight is 148 g/mol. The van der Waals surface area contributed by atoms with Gasteiger partial charge in [-0.25, -0.2) is 0 Å². The molecule has 0 aliphatic heterocycles. The van der Waals surface area contributed by atoms with Crippen molar-refractivity contribution < 1.29 is 9.84 Å². The van der Waals surface area contributed by atoms with Gasteiger partial charge in [0, 0.05) is 6.54 Å². The van der Waals surface area contributed by atoms with Crippen LogP contribution in [0.5, 0.6) is 0 Å². The van der Waals surface area contributed by atoms with Gasteiger partial charge in [-0.3, -0.25) is 0 Å². The largest absolute Gasteiger partial charge is 0.394 e. The topological polar surface area (TPSA) is 81.5 Å². The smallest absolute Gasteiger partial charge is 0.0710 e. The molecule has 0 amide bonds. The second-order valence-electron chi connectivity index (χ2n) is 2.03. The van der Waals surface area contributed by atoms with Crippen LogP contribution >= 0.6 is 0 Å². The Hall–Kier alpha value is -0.160. The summed E-state index contributed by atoms with van der Waals surface area (Å²) in [6.45, 7) is 1.44. The van der Waals surface area contributed by atoms with Gasteiger partial charge in [-0.15, -0.1) is 0 Å². The Labute approximate surface area is 61.2 Å². The van der Waals surface area contributed by atoms with Crippen molar-refractivity contribution in [3.8, 4) is 0 Å². The minimum Gasteiger partial charge on any atom is -0.394 e. The lowest BCUT2D eigenvalue weighted by atomic mass is 10.2. The highest BCUT2D eigenvalue weighted by molar-refractivity contribution is 4.58. The Kier molecular flexibility index (Phi) is 6.84. The molecule has 0 spiro atoms. The van der Waals surface area contributed by atoms with Gasteiger partial charge in [0.25, 0.3) is 0 Å². The van der Waals surface area contributed by atoms with Crippen LogP contribution in [0.25, 0.3) is 0 Å². The van der Waals surface area contributed by atoms with Crippen LogP contribution in [0, 0.1) is 0 Å². The first-order valence-corrected chi connectivity index (χ1v) is 3.47. The van der Waals surface area contributed by atoms with E-state index in [4.69, 9.17) is 21.3 Å². The van der Waals surface area contributed by atoms with Crippen LogP contribution in [0.1, 0.15) is 6.42 Å². The van der Waals surface area contributed by atoms with E-state index in [0.29, 0.717) is 19.7 Å². The van der Waals surface area contributed by atoms with E-state index in [-0.39, 0.29) is 12.7 Å². The Morgan fingerprint density at radius 1 is 1.40 bits per heavy atom. The van der Waals surface area contributed by atoms with Gasteiger partial charge in [0.2, 0.25) is 0 Å². The lowest BCUT2D eigenvalue weighted by Crippen LogP contribution is -2.27. The van der Waals surface area contributed by atoms with E-state index in [1.165, 1.54) is 0 Å². The molecule has 0 aromatic carbocycles. The normalized spacial score (nSPS) is 13.5. The molecule has 0 fully saturated rings. The van der Waals surface area contributed by atoms with E-state index in [1.807, 2.05) is 0 Å². The first-order chi connectivity index (χ1) is 4.85. The van der Waals surface area contributed by atoms with Gasteiger partial charge in [-0.2, -0.15) is 0 Å². The van der Waals surface area contributed by atoms with Crippen LogP contribution in [0.2, 0.25) is 0 Å². The zero-order valence-corrected chi connectivity index (χ0v) is 6.12. The quantitative estimate of drug-likeness (QED) is 0.436. The maximum absolute atomic E-state index is 8.38. The molecular weight excluding hydrogens is 132 g/mol. The summed E-state index contributed by atoms with van der Waals surface area (Å²) in [5.74, 6) is 0. The average Bonchev–Trinajstić information content (AvgIpc) is 1.98. The van der Waals surface area contributed by atoms with E-state index in [0.717, 1.165) is 6.42 Å². The molecule has 0 rings (SSSR count). The van der Waals surface area contributed by atoms with Crippen molar-refractivity contribution in [2.45, 2.75) is 12.5 Å². The molecule has 0 heterocycles. The van der Waals surface area contributed by atoms with Gasteiger partial charge in [0.05, 0.1) is 19.3 Å². The van der Waals surface area contributed by atoms with E-state index in [2.05, 4.69) is 0 Å². The molecule has 1 atom stereocenters. The third kappa shape index (κ3) is 4.69. The van der Waals surface area contributed by atoms with E-state index in [9.17, 15) is 0 Å². The van der Waals surface area contributed by atoms with Crippen LogP contribution in [-0.4, -0.2) is 37.5 Å². The molecule has 0 aromatic heterocycles. The molecule has 0 aromatic rings. The van der Waals surface area contributed by atoms with Gasteiger partial charge >= 0.3 is 0 Å². The highest BCUT2D eigenvalue weighted by Gasteiger charge is 2.03. The summed E-state index contributed by atoms with van der Waals surface area (Å²) in [5.41, 5.74) is 10.6. The number of aliphatic hydroxyl groups is 1. The third-order valence-corrected chi connectivity index (χ3v) is 1.20. The van der Waals surface area contributed by atoms with Crippen LogP contribution in [0.4, 0.5) is 0 Å². The summed E-state index contributed by atoms with van der Waals surface area (Å²) >= 11 is 0. The highest BCUT2D eigenvalue weighted by Crippen LogP contribution is 1.93. The standard InChI is InChI=1S/C6H16N2O2/c7-2-1-6(5-8)10-4-3-9/h6,9H,1-5,7-8H2. The third-order valence-electron chi connectivity index (χ3n) is 1.20. The number of hydrogen-bond donors (Lipinski definition) is 3. The fourth-order valence-electron chi connectivity index (χ4n) is 0.674. The zero-order chi connectivity index (χ0) is 7.82. The lowest BCUT2D eigenvalue weighted by molar-refractivity contribution is 0.0305.